The normalized spacial score (nSPS) is 19.4. The Morgan fingerprint density at radius 2 is 2.31 bits per heavy atom. The van der Waals surface area contributed by atoms with Gasteiger partial charge in [0.05, 0.1) is 6.04 Å². The Morgan fingerprint density at radius 1 is 1.38 bits per heavy atom. The number of rotatable bonds is 1. The van der Waals surface area contributed by atoms with Gasteiger partial charge in [-0.25, -0.2) is 0 Å². The molecule has 0 saturated heterocycles. The summed E-state index contributed by atoms with van der Waals surface area (Å²) < 4.78 is 0. The van der Waals surface area contributed by atoms with Crippen molar-refractivity contribution >= 4 is 11.3 Å². The zero-order valence-electron chi connectivity index (χ0n) is 9.23. The van der Waals surface area contributed by atoms with E-state index in [0.717, 1.165) is 13.0 Å². The molecule has 16 heavy (non-hydrogen) atoms. The molecule has 0 bridgehead atoms. The van der Waals surface area contributed by atoms with Crippen molar-refractivity contribution < 1.29 is 0 Å². The van der Waals surface area contributed by atoms with E-state index in [1.165, 1.54) is 21.6 Å². The van der Waals surface area contributed by atoms with Crippen molar-refractivity contribution in [1.82, 2.24) is 10.3 Å². The molecule has 1 unspecified atom stereocenters. The van der Waals surface area contributed by atoms with E-state index in [-0.39, 0.29) is 0 Å². The number of thiophene rings is 1. The third kappa shape index (κ3) is 1.56. The SMILES string of the molecule is Cc1cnccc1C1NCCc2sccc21. The van der Waals surface area contributed by atoms with Crippen molar-refractivity contribution in [2.24, 2.45) is 0 Å². The van der Waals surface area contributed by atoms with Crippen molar-refractivity contribution in [2.45, 2.75) is 19.4 Å². The van der Waals surface area contributed by atoms with Crippen LogP contribution in [0.15, 0.2) is 29.9 Å². The number of aryl methyl sites for hydroxylation is 1. The van der Waals surface area contributed by atoms with Crippen molar-refractivity contribution in [2.75, 3.05) is 6.54 Å². The Hall–Kier alpha value is -1.19. The minimum Gasteiger partial charge on any atom is -0.306 e. The van der Waals surface area contributed by atoms with E-state index >= 15 is 0 Å². The summed E-state index contributed by atoms with van der Waals surface area (Å²) in [6.07, 6.45) is 4.98. The highest BCUT2D eigenvalue weighted by Crippen LogP contribution is 2.32. The van der Waals surface area contributed by atoms with Crippen LogP contribution in [0.5, 0.6) is 0 Å². The predicted molar refractivity (Wildman–Crippen MR) is 66.8 cm³/mol. The number of aromatic nitrogens is 1. The van der Waals surface area contributed by atoms with Crippen LogP contribution in [0.2, 0.25) is 0 Å². The molecule has 1 aliphatic rings. The first-order chi connectivity index (χ1) is 7.86. The molecule has 2 nitrogen and oxygen atoms in total. The molecule has 0 aliphatic carbocycles. The van der Waals surface area contributed by atoms with Crippen molar-refractivity contribution in [3.63, 3.8) is 0 Å². The fourth-order valence-corrected chi connectivity index (χ4v) is 3.26. The molecule has 0 spiro atoms. The van der Waals surface area contributed by atoms with Crippen LogP contribution in [0.25, 0.3) is 0 Å². The first kappa shape index (κ1) is 10.00. The van der Waals surface area contributed by atoms with Gasteiger partial charge >= 0.3 is 0 Å². The van der Waals surface area contributed by atoms with Crippen LogP contribution in [0.3, 0.4) is 0 Å². The maximum atomic E-state index is 4.16. The second kappa shape index (κ2) is 4.00. The van der Waals surface area contributed by atoms with Crippen LogP contribution < -0.4 is 5.32 Å². The molecule has 3 heteroatoms. The smallest absolute Gasteiger partial charge is 0.0591 e. The summed E-state index contributed by atoms with van der Waals surface area (Å²) >= 11 is 1.87. The number of pyridine rings is 1. The lowest BCUT2D eigenvalue weighted by Crippen LogP contribution is -2.29. The second-order valence-corrected chi connectivity index (χ2v) is 5.17. The Balaban J connectivity index is 2.08. The van der Waals surface area contributed by atoms with Crippen LogP contribution >= 0.6 is 11.3 Å². The Morgan fingerprint density at radius 3 is 3.19 bits per heavy atom. The number of nitrogens with zero attached hydrogens (tertiary/aromatic N) is 1. The third-order valence-electron chi connectivity index (χ3n) is 3.17. The molecule has 2 aromatic heterocycles. The average Bonchev–Trinajstić information content (AvgIpc) is 2.77. The maximum absolute atomic E-state index is 4.16. The Kier molecular flexibility index (Phi) is 2.50. The van der Waals surface area contributed by atoms with E-state index in [9.17, 15) is 0 Å². The number of hydrogen-bond donors (Lipinski definition) is 1. The fourth-order valence-electron chi connectivity index (χ4n) is 2.34. The van der Waals surface area contributed by atoms with Gasteiger partial charge in [-0.05, 0) is 47.5 Å². The second-order valence-electron chi connectivity index (χ2n) is 4.17. The van der Waals surface area contributed by atoms with Crippen LogP contribution in [-0.4, -0.2) is 11.5 Å². The molecule has 2 aromatic rings. The number of hydrogen-bond acceptors (Lipinski definition) is 3. The lowest BCUT2D eigenvalue weighted by Gasteiger charge is -2.25. The van der Waals surface area contributed by atoms with Crippen LogP contribution in [0, 0.1) is 6.92 Å². The highest BCUT2D eigenvalue weighted by molar-refractivity contribution is 7.10. The Bertz CT molecular complexity index is 504. The average molecular weight is 230 g/mol. The van der Waals surface area contributed by atoms with Gasteiger partial charge < -0.3 is 5.32 Å². The van der Waals surface area contributed by atoms with Crippen molar-refractivity contribution in [1.29, 1.82) is 0 Å². The lowest BCUT2D eigenvalue weighted by atomic mass is 9.94. The highest BCUT2D eigenvalue weighted by Gasteiger charge is 2.22. The first-order valence-corrected chi connectivity index (χ1v) is 6.44. The van der Waals surface area contributed by atoms with Gasteiger partial charge in [-0.3, -0.25) is 4.98 Å². The lowest BCUT2D eigenvalue weighted by molar-refractivity contribution is 0.572. The molecule has 0 fully saturated rings. The summed E-state index contributed by atoms with van der Waals surface area (Å²) in [6, 6.07) is 4.73. The summed E-state index contributed by atoms with van der Waals surface area (Å²) in [7, 11) is 0. The molecule has 0 amide bonds. The first-order valence-electron chi connectivity index (χ1n) is 5.56. The molecule has 3 rings (SSSR count). The van der Waals surface area contributed by atoms with Gasteiger partial charge in [-0.1, -0.05) is 0 Å². The Labute approximate surface area is 99.4 Å². The largest absolute Gasteiger partial charge is 0.306 e. The molecular weight excluding hydrogens is 216 g/mol. The van der Waals surface area contributed by atoms with E-state index < -0.39 is 0 Å². The van der Waals surface area contributed by atoms with Crippen LogP contribution in [-0.2, 0) is 6.42 Å². The van der Waals surface area contributed by atoms with Gasteiger partial charge in [0.25, 0.3) is 0 Å². The summed E-state index contributed by atoms with van der Waals surface area (Å²) in [6.45, 7) is 3.20. The number of nitrogens with one attached hydrogen (secondary N) is 1. The van der Waals surface area contributed by atoms with Gasteiger partial charge in [-0.2, -0.15) is 0 Å². The summed E-state index contributed by atoms with van der Waals surface area (Å²) in [5.41, 5.74) is 4.07. The minimum atomic E-state index is 0.359. The van der Waals surface area contributed by atoms with Gasteiger partial charge in [0.1, 0.15) is 0 Å². The molecule has 0 radical (unpaired) electrons. The number of fused-ring (bicyclic) bond motifs is 1. The van der Waals surface area contributed by atoms with Crippen molar-refractivity contribution in [3.05, 3.63) is 51.5 Å². The standard InChI is InChI=1S/C13H14N2S/c1-9-8-14-5-2-10(9)13-11-4-7-16-12(11)3-6-15-13/h2,4-5,7-8,13,15H,3,6H2,1H3. The van der Waals surface area contributed by atoms with Gasteiger partial charge in [0.2, 0.25) is 0 Å². The molecule has 82 valence electrons. The topological polar surface area (TPSA) is 24.9 Å². The molecule has 1 atom stereocenters. The molecule has 1 aliphatic heterocycles. The monoisotopic (exact) mass is 230 g/mol. The van der Waals surface area contributed by atoms with Crippen LogP contribution in [0.4, 0.5) is 0 Å². The molecular formula is C13H14N2S. The van der Waals surface area contributed by atoms with Crippen LogP contribution in [0.1, 0.15) is 27.6 Å². The van der Waals surface area contributed by atoms with E-state index in [1.807, 2.05) is 23.7 Å². The zero-order valence-corrected chi connectivity index (χ0v) is 10.1. The van der Waals surface area contributed by atoms with Gasteiger partial charge in [-0.15, -0.1) is 11.3 Å². The minimum absolute atomic E-state index is 0.359. The quantitative estimate of drug-likeness (QED) is 0.814. The molecule has 0 saturated carbocycles. The maximum Gasteiger partial charge on any atom is 0.0591 e. The van der Waals surface area contributed by atoms with E-state index in [4.69, 9.17) is 0 Å². The highest BCUT2D eigenvalue weighted by atomic mass is 32.1. The van der Waals surface area contributed by atoms with E-state index in [0.29, 0.717) is 6.04 Å². The van der Waals surface area contributed by atoms with Gasteiger partial charge in [0, 0.05) is 23.8 Å². The molecule has 3 heterocycles. The zero-order chi connectivity index (χ0) is 11.0. The fraction of sp³-hybridized carbons (Fsp3) is 0.308. The summed E-state index contributed by atoms with van der Waals surface area (Å²) in [5, 5.41) is 5.79. The predicted octanol–water partition coefficient (Wildman–Crippen LogP) is 2.69. The van der Waals surface area contributed by atoms with Crippen molar-refractivity contribution in [3.8, 4) is 0 Å². The third-order valence-corrected chi connectivity index (χ3v) is 4.16. The van der Waals surface area contributed by atoms with E-state index in [1.54, 1.807) is 0 Å². The molecule has 1 N–H and O–H groups in total. The summed E-state index contributed by atoms with van der Waals surface area (Å²) in [5.74, 6) is 0. The van der Waals surface area contributed by atoms with E-state index in [2.05, 4.69) is 34.7 Å². The molecule has 0 aromatic carbocycles. The summed E-state index contributed by atoms with van der Waals surface area (Å²) in [4.78, 5) is 5.69. The van der Waals surface area contributed by atoms with Gasteiger partial charge in [0.15, 0.2) is 0 Å².